The molecule has 0 unspecified atom stereocenters. The number of hydrogen-bond acceptors (Lipinski definition) is 3. The van der Waals surface area contributed by atoms with Gasteiger partial charge in [-0.1, -0.05) is 12.8 Å². The summed E-state index contributed by atoms with van der Waals surface area (Å²) in [5.74, 6) is -1.12. The second-order valence-electron chi connectivity index (χ2n) is 5.22. The van der Waals surface area contributed by atoms with Gasteiger partial charge in [0.05, 0.1) is 4.90 Å². The maximum Gasteiger partial charge on any atom is 0.261 e. The van der Waals surface area contributed by atoms with Crippen LogP contribution in [0.4, 0.5) is 4.39 Å². The summed E-state index contributed by atoms with van der Waals surface area (Å²) in [6.45, 7) is 2.69. The molecule has 1 fully saturated rings. The number of nitrogens with zero attached hydrogens (tertiary/aromatic N) is 1. The Morgan fingerprint density at radius 3 is 2.29 bits per heavy atom. The van der Waals surface area contributed by atoms with Gasteiger partial charge >= 0.3 is 0 Å². The van der Waals surface area contributed by atoms with Crippen LogP contribution in [0.1, 0.15) is 41.6 Å². The molecule has 0 saturated carbocycles. The van der Waals surface area contributed by atoms with Crippen molar-refractivity contribution in [3.63, 3.8) is 0 Å². The summed E-state index contributed by atoms with van der Waals surface area (Å²) >= 11 is 0. The molecule has 116 valence electrons. The summed E-state index contributed by atoms with van der Waals surface area (Å²) < 4.78 is 36.6. The van der Waals surface area contributed by atoms with Gasteiger partial charge < -0.3 is 4.90 Å². The number of likely N-dealkylation sites (tertiary alicyclic amines) is 1. The van der Waals surface area contributed by atoms with Crippen LogP contribution in [0.3, 0.4) is 0 Å². The summed E-state index contributed by atoms with van der Waals surface area (Å²) in [6.07, 6.45) is 3.93. The van der Waals surface area contributed by atoms with Crippen molar-refractivity contribution < 1.29 is 17.6 Å². The number of amides is 1. The largest absolute Gasteiger partial charge is 0.339 e. The third-order valence-electron chi connectivity index (χ3n) is 3.71. The van der Waals surface area contributed by atoms with Crippen molar-refractivity contribution in [1.82, 2.24) is 4.90 Å². The Kier molecular flexibility index (Phi) is 4.88. The molecular formula is C14H17ClFNO3S. The first-order valence-electron chi connectivity index (χ1n) is 6.85. The Labute approximate surface area is 128 Å². The number of carbonyl (C=O) groups is 1. The fraction of sp³-hybridized carbons (Fsp3) is 0.500. The van der Waals surface area contributed by atoms with Crippen LogP contribution in [0.2, 0.25) is 0 Å². The molecule has 1 aliphatic heterocycles. The molecule has 1 saturated heterocycles. The third kappa shape index (κ3) is 3.74. The number of benzene rings is 1. The Balaban J connectivity index is 2.43. The van der Waals surface area contributed by atoms with Gasteiger partial charge in [0.15, 0.2) is 0 Å². The van der Waals surface area contributed by atoms with E-state index in [-0.39, 0.29) is 21.9 Å². The Morgan fingerprint density at radius 1 is 1.19 bits per heavy atom. The molecule has 7 heteroatoms. The monoisotopic (exact) mass is 333 g/mol. The second kappa shape index (κ2) is 6.32. The highest BCUT2D eigenvalue weighted by molar-refractivity contribution is 8.13. The van der Waals surface area contributed by atoms with Crippen molar-refractivity contribution in [2.75, 3.05) is 13.1 Å². The van der Waals surface area contributed by atoms with Crippen LogP contribution in [0.15, 0.2) is 17.0 Å². The summed E-state index contributed by atoms with van der Waals surface area (Å²) in [6, 6.07) is 1.92. The molecule has 1 aromatic carbocycles. The predicted molar refractivity (Wildman–Crippen MR) is 78.5 cm³/mol. The normalized spacial score (nSPS) is 16.6. The van der Waals surface area contributed by atoms with Gasteiger partial charge in [0.25, 0.3) is 15.0 Å². The smallest absolute Gasteiger partial charge is 0.261 e. The molecule has 0 N–H and O–H groups in total. The summed E-state index contributed by atoms with van der Waals surface area (Å²) in [5, 5.41) is 0. The van der Waals surface area contributed by atoms with Crippen molar-refractivity contribution in [3.8, 4) is 0 Å². The van der Waals surface area contributed by atoms with E-state index in [9.17, 15) is 17.6 Å². The minimum atomic E-state index is -4.09. The maximum absolute atomic E-state index is 13.7. The lowest BCUT2D eigenvalue weighted by atomic mass is 10.1. The van der Waals surface area contributed by atoms with Gasteiger partial charge in [-0.15, -0.1) is 0 Å². The highest BCUT2D eigenvalue weighted by Crippen LogP contribution is 2.25. The van der Waals surface area contributed by atoms with Gasteiger partial charge in [0, 0.05) is 29.3 Å². The standard InChI is InChI=1S/C14H17ClFNO3S/c1-10-12(8-11(16)9-13(10)21(15,19)20)14(18)17-6-4-2-3-5-7-17/h8-9H,2-7H2,1H3. The van der Waals surface area contributed by atoms with E-state index in [4.69, 9.17) is 10.7 Å². The topological polar surface area (TPSA) is 54.5 Å². The van der Waals surface area contributed by atoms with Crippen molar-refractivity contribution in [3.05, 3.63) is 29.1 Å². The first-order valence-corrected chi connectivity index (χ1v) is 9.15. The van der Waals surface area contributed by atoms with E-state index >= 15 is 0 Å². The molecular weight excluding hydrogens is 317 g/mol. The van der Waals surface area contributed by atoms with Crippen LogP contribution in [-0.4, -0.2) is 32.3 Å². The first kappa shape index (κ1) is 16.2. The maximum atomic E-state index is 13.7. The highest BCUT2D eigenvalue weighted by atomic mass is 35.7. The lowest BCUT2D eigenvalue weighted by molar-refractivity contribution is 0.0760. The highest BCUT2D eigenvalue weighted by Gasteiger charge is 2.24. The van der Waals surface area contributed by atoms with E-state index in [0.717, 1.165) is 37.8 Å². The molecule has 0 radical (unpaired) electrons. The Hall–Kier alpha value is -1.14. The molecule has 1 heterocycles. The molecule has 2 rings (SSSR count). The average molecular weight is 334 g/mol. The quantitative estimate of drug-likeness (QED) is 0.781. The zero-order valence-electron chi connectivity index (χ0n) is 11.7. The number of rotatable bonds is 2. The van der Waals surface area contributed by atoms with Crippen molar-refractivity contribution in [2.45, 2.75) is 37.5 Å². The van der Waals surface area contributed by atoms with Gasteiger partial charge in [-0.25, -0.2) is 12.8 Å². The molecule has 0 aliphatic carbocycles. The fourth-order valence-corrected chi connectivity index (χ4v) is 3.78. The van der Waals surface area contributed by atoms with Gasteiger partial charge in [-0.3, -0.25) is 4.79 Å². The molecule has 0 atom stereocenters. The SMILES string of the molecule is Cc1c(C(=O)N2CCCCCC2)cc(F)cc1S(=O)(=O)Cl. The molecule has 1 aromatic rings. The lowest BCUT2D eigenvalue weighted by Gasteiger charge is -2.21. The summed E-state index contributed by atoms with van der Waals surface area (Å²) in [7, 11) is 1.22. The first-order chi connectivity index (χ1) is 9.80. The van der Waals surface area contributed by atoms with E-state index in [1.54, 1.807) is 4.90 Å². The zero-order valence-corrected chi connectivity index (χ0v) is 13.3. The van der Waals surface area contributed by atoms with E-state index in [2.05, 4.69) is 0 Å². The fourth-order valence-electron chi connectivity index (χ4n) is 2.57. The minimum absolute atomic E-state index is 0.0659. The van der Waals surface area contributed by atoms with Crippen LogP contribution >= 0.6 is 10.7 Å². The van der Waals surface area contributed by atoms with Crippen molar-refractivity contribution in [1.29, 1.82) is 0 Å². The molecule has 1 aliphatic rings. The Bertz CT molecular complexity index is 652. The van der Waals surface area contributed by atoms with Gasteiger partial charge in [-0.2, -0.15) is 0 Å². The average Bonchev–Trinajstić information content (AvgIpc) is 2.68. The van der Waals surface area contributed by atoms with Crippen LogP contribution in [0, 0.1) is 12.7 Å². The third-order valence-corrected chi connectivity index (χ3v) is 5.16. The van der Waals surface area contributed by atoms with E-state index in [0.29, 0.717) is 13.1 Å². The molecule has 0 bridgehead atoms. The molecule has 1 amide bonds. The van der Waals surface area contributed by atoms with Gasteiger partial charge in [0.2, 0.25) is 0 Å². The van der Waals surface area contributed by atoms with E-state index in [1.165, 1.54) is 6.92 Å². The lowest BCUT2D eigenvalue weighted by Crippen LogP contribution is -2.32. The number of hydrogen-bond donors (Lipinski definition) is 0. The number of halogens is 2. The van der Waals surface area contributed by atoms with Crippen molar-refractivity contribution >= 4 is 25.6 Å². The van der Waals surface area contributed by atoms with Crippen LogP contribution in [0.25, 0.3) is 0 Å². The number of carbonyl (C=O) groups excluding carboxylic acids is 1. The van der Waals surface area contributed by atoms with E-state index < -0.39 is 14.9 Å². The molecule has 21 heavy (non-hydrogen) atoms. The second-order valence-corrected chi connectivity index (χ2v) is 7.76. The molecule has 0 spiro atoms. The zero-order chi connectivity index (χ0) is 15.6. The minimum Gasteiger partial charge on any atom is -0.339 e. The summed E-state index contributed by atoms with van der Waals surface area (Å²) in [4.78, 5) is 13.8. The van der Waals surface area contributed by atoms with Crippen molar-refractivity contribution in [2.24, 2.45) is 0 Å². The van der Waals surface area contributed by atoms with Crippen LogP contribution in [-0.2, 0) is 9.05 Å². The van der Waals surface area contributed by atoms with Gasteiger partial charge in [-0.05, 0) is 37.5 Å². The predicted octanol–water partition coefficient (Wildman–Crippen LogP) is 3.08. The molecule has 0 aromatic heterocycles. The Morgan fingerprint density at radius 2 is 1.76 bits per heavy atom. The molecule has 4 nitrogen and oxygen atoms in total. The van der Waals surface area contributed by atoms with Gasteiger partial charge in [0.1, 0.15) is 5.82 Å². The van der Waals surface area contributed by atoms with E-state index in [1.807, 2.05) is 0 Å². The summed E-state index contributed by atoms with van der Waals surface area (Å²) in [5.41, 5.74) is 0.261. The van der Waals surface area contributed by atoms with Crippen LogP contribution in [0.5, 0.6) is 0 Å². The van der Waals surface area contributed by atoms with Crippen LogP contribution < -0.4 is 0 Å².